The molecule has 21 heavy (non-hydrogen) atoms. The lowest BCUT2D eigenvalue weighted by Crippen LogP contribution is -2.41. The van der Waals surface area contributed by atoms with Gasteiger partial charge in [0.15, 0.2) is 0 Å². The highest BCUT2D eigenvalue weighted by atomic mass is 32.2. The highest BCUT2D eigenvalue weighted by Crippen LogP contribution is 2.19. The van der Waals surface area contributed by atoms with E-state index in [1.54, 1.807) is 6.92 Å². The van der Waals surface area contributed by atoms with E-state index in [1.165, 1.54) is 31.0 Å². The Morgan fingerprint density at radius 1 is 1.48 bits per heavy atom. The zero-order valence-electron chi connectivity index (χ0n) is 11.8. The van der Waals surface area contributed by atoms with E-state index >= 15 is 0 Å². The van der Waals surface area contributed by atoms with Gasteiger partial charge in [0.2, 0.25) is 5.91 Å². The van der Waals surface area contributed by atoms with Crippen LogP contribution >= 0.6 is 11.8 Å². The molecular weight excluding hydrogens is 298 g/mol. The fourth-order valence-electron chi connectivity index (χ4n) is 1.53. The summed E-state index contributed by atoms with van der Waals surface area (Å²) in [6, 6.07) is 0.532. The molecule has 1 atom stereocenters. The summed E-state index contributed by atoms with van der Waals surface area (Å²) in [6.07, 6.45) is 1.38. The number of carboxylic acids is 1. The third-order valence-corrected chi connectivity index (χ3v) is 3.47. The van der Waals surface area contributed by atoms with Crippen LogP contribution in [0.4, 0.5) is 0 Å². The van der Waals surface area contributed by atoms with Crippen LogP contribution in [0.25, 0.3) is 0 Å². The quantitative estimate of drug-likeness (QED) is 0.696. The summed E-state index contributed by atoms with van der Waals surface area (Å²) >= 11 is 1.24. The molecular formula is C13H17NO6S. The summed E-state index contributed by atoms with van der Waals surface area (Å²) in [6.45, 7) is 3.23. The summed E-state index contributed by atoms with van der Waals surface area (Å²) in [4.78, 5) is 33.5. The molecule has 1 amide bonds. The molecule has 7 nitrogen and oxygen atoms in total. The fourth-order valence-corrected chi connectivity index (χ4v) is 2.52. The van der Waals surface area contributed by atoms with Gasteiger partial charge in [0.05, 0.1) is 18.6 Å². The number of carbonyl (C=O) groups is 3. The van der Waals surface area contributed by atoms with Crippen LogP contribution in [0.15, 0.2) is 16.7 Å². The minimum Gasteiger partial charge on any atom is -0.480 e. The molecule has 116 valence electrons. The van der Waals surface area contributed by atoms with E-state index in [0.29, 0.717) is 17.1 Å². The van der Waals surface area contributed by atoms with Crippen molar-refractivity contribution in [3.8, 4) is 0 Å². The lowest BCUT2D eigenvalue weighted by atomic mass is 10.3. The van der Waals surface area contributed by atoms with Crippen LogP contribution in [0.1, 0.15) is 30.0 Å². The molecule has 0 unspecified atom stereocenters. The first-order valence-electron chi connectivity index (χ1n) is 6.26. The van der Waals surface area contributed by atoms with Crippen LogP contribution in [0.3, 0.4) is 0 Å². The second kappa shape index (κ2) is 8.35. The molecule has 1 rings (SSSR count). The predicted molar refractivity (Wildman–Crippen MR) is 76.1 cm³/mol. The van der Waals surface area contributed by atoms with Crippen molar-refractivity contribution in [3.05, 3.63) is 23.7 Å². The summed E-state index contributed by atoms with van der Waals surface area (Å²) < 4.78 is 10.1. The highest BCUT2D eigenvalue weighted by Gasteiger charge is 2.20. The lowest BCUT2D eigenvalue weighted by Gasteiger charge is -2.12. The molecule has 0 aliphatic heterocycles. The number of nitrogens with one attached hydrogen (secondary N) is 1. The molecule has 1 aromatic rings. The number of carboxylic acid groups (broad SMARTS) is 1. The van der Waals surface area contributed by atoms with Gasteiger partial charge in [-0.05, 0) is 13.0 Å². The maximum absolute atomic E-state index is 11.6. The van der Waals surface area contributed by atoms with Crippen LogP contribution in [0.2, 0.25) is 0 Å². The number of thioether (sulfide) groups is 1. The third kappa shape index (κ3) is 5.50. The van der Waals surface area contributed by atoms with Crippen molar-refractivity contribution in [2.45, 2.75) is 25.6 Å². The molecule has 2 N–H and O–H groups in total. The van der Waals surface area contributed by atoms with Gasteiger partial charge in [-0.2, -0.15) is 11.8 Å². The van der Waals surface area contributed by atoms with Gasteiger partial charge in [-0.15, -0.1) is 0 Å². The normalized spacial score (nSPS) is 11.7. The third-order valence-electron chi connectivity index (χ3n) is 2.43. The molecule has 0 aliphatic carbocycles. The Bertz CT molecular complexity index is 513. The van der Waals surface area contributed by atoms with Crippen LogP contribution in [0, 0.1) is 0 Å². The second-order valence-electron chi connectivity index (χ2n) is 4.08. The van der Waals surface area contributed by atoms with E-state index in [0.717, 1.165) is 0 Å². The van der Waals surface area contributed by atoms with Crippen molar-refractivity contribution in [2.24, 2.45) is 0 Å². The Morgan fingerprint density at radius 3 is 2.76 bits per heavy atom. The number of hydrogen-bond acceptors (Lipinski definition) is 6. The van der Waals surface area contributed by atoms with Crippen molar-refractivity contribution in [1.82, 2.24) is 5.32 Å². The van der Waals surface area contributed by atoms with E-state index in [2.05, 4.69) is 5.32 Å². The van der Waals surface area contributed by atoms with Crippen LogP contribution < -0.4 is 5.32 Å². The van der Waals surface area contributed by atoms with Crippen LogP contribution in [-0.2, 0) is 20.1 Å². The molecule has 1 heterocycles. The van der Waals surface area contributed by atoms with Crippen molar-refractivity contribution < 1.29 is 28.6 Å². The predicted octanol–water partition coefficient (Wildman–Crippen LogP) is 1.28. The monoisotopic (exact) mass is 315 g/mol. The first kappa shape index (κ1) is 17.1. The van der Waals surface area contributed by atoms with Crippen LogP contribution in [0.5, 0.6) is 0 Å². The first-order valence-corrected chi connectivity index (χ1v) is 7.42. The SMILES string of the molecule is CCOC(=O)c1ccoc1CSC[C@H](NC(C)=O)C(=O)O. The van der Waals surface area contributed by atoms with Gasteiger partial charge in [0, 0.05) is 12.7 Å². The molecule has 0 spiro atoms. The summed E-state index contributed by atoms with van der Waals surface area (Å²) in [7, 11) is 0. The number of carbonyl (C=O) groups excluding carboxylic acids is 2. The molecule has 0 aliphatic rings. The average molecular weight is 315 g/mol. The van der Waals surface area contributed by atoms with Gasteiger partial charge in [-0.3, -0.25) is 4.79 Å². The maximum atomic E-state index is 11.6. The van der Waals surface area contributed by atoms with E-state index in [4.69, 9.17) is 14.3 Å². The Kier molecular flexibility index (Phi) is 6.80. The van der Waals surface area contributed by atoms with Gasteiger partial charge in [0.1, 0.15) is 17.4 Å². The highest BCUT2D eigenvalue weighted by molar-refractivity contribution is 7.98. The molecule has 0 bridgehead atoms. The number of amides is 1. The smallest absolute Gasteiger partial charge is 0.341 e. The first-order chi connectivity index (χ1) is 9.95. The topological polar surface area (TPSA) is 106 Å². The second-order valence-corrected chi connectivity index (χ2v) is 5.11. The van der Waals surface area contributed by atoms with Gasteiger partial charge in [0.25, 0.3) is 0 Å². The fraction of sp³-hybridized carbons (Fsp3) is 0.462. The largest absolute Gasteiger partial charge is 0.480 e. The standard InChI is InChI=1S/C13H17NO6S/c1-3-19-13(18)9-4-5-20-11(9)7-21-6-10(12(16)17)14-8(2)15/h4-5,10H,3,6-7H2,1-2H3,(H,14,15)(H,16,17)/t10-/m0/s1. The van der Waals surface area contributed by atoms with Gasteiger partial charge in [-0.1, -0.05) is 0 Å². The van der Waals surface area contributed by atoms with Crippen molar-refractivity contribution >= 4 is 29.6 Å². The lowest BCUT2D eigenvalue weighted by molar-refractivity contribution is -0.140. The molecule has 0 saturated heterocycles. The number of aliphatic carboxylic acids is 1. The van der Waals surface area contributed by atoms with Gasteiger partial charge >= 0.3 is 11.9 Å². The zero-order chi connectivity index (χ0) is 15.8. The Labute approximate surface area is 126 Å². The minimum atomic E-state index is -1.11. The van der Waals surface area contributed by atoms with Gasteiger partial charge in [-0.25, -0.2) is 9.59 Å². The number of rotatable bonds is 8. The average Bonchev–Trinajstić information content (AvgIpc) is 2.85. The number of furan rings is 1. The molecule has 0 aromatic carbocycles. The zero-order valence-corrected chi connectivity index (χ0v) is 12.6. The Balaban J connectivity index is 2.55. The summed E-state index contributed by atoms with van der Waals surface area (Å²) in [5.41, 5.74) is 0.329. The molecule has 1 aromatic heterocycles. The number of hydrogen-bond donors (Lipinski definition) is 2. The molecule has 0 radical (unpaired) electrons. The van der Waals surface area contributed by atoms with Crippen LogP contribution in [-0.4, -0.2) is 41.4 Å². The Hall–Kier alpha value is -1.96. The van der Waals surface area contributed by atoms with Crippen molar-refractivity contribution in [1.29, 1.82) is 0 Å². The summed E-state index contributed by atoms with van der Waals surface area (Å²) in [5, 5.41) is 11.3. The minimum absolute atomic E-state index is 0.165. The van der Waals surface area contributed by atoms with E-state index in [-0.39, 0.29) is 12.4 Å². The van der Waals surface area contributed by atoms with Gasteiger partial charge < -0.3 is 19.6 Å². The molecule has 8 heteroatoms. The number of esters is 1. The molecule has 0 saturated carbocycles. The van der Waals surface area contributed by atoms with Crippen molar-refractivity contribution in [2.75, 3.05) is 12.4 Å². The maximum Gasteiger partial charge on any atom is 0.341 e. The van der Waals surface area contributed by atoms with E-state index in [1.807, 2.05) is 0 Å². The van der Waals surface area contributed by atoms with E-state index < -0.39 is 23.9 Å². The molecule has 0 fully saturated rings. The summed E-state index contributed by atoms with van der Waals surface area (Å²) in [5.74, 6) is -1.09. The number of ether oxygens (including phenoxy) is 1. The van der Waals surface area contributed by atoms with Crippen molar-refractivity contribution in [3.63, 3.8) is 0 Å². The van der Waals surface area contributed by atoms with E-state index in [9.17, 15) is 14.4 Å². The Morgan fingerprint density at radius 2 is 2.19 bits per heavy atom.